The third-order valence-electron chi connectivity index (χ3n) is 3.98. The van der Waals surface area contributed by atoms with Gasteiger partial charge in [-0.2, -0.15) is 10.1 Å². The molecule has 2 aromatic rings. The molecule has 1 aliphatic heterocycles. The molecule has 0 saturated heterocycles. The molecule has 1 aromatic carbocycles. The van der Waals surface area contributed by atoms with Crippen molar-refractivity contribution < 1.29 is 14.3 Å². The molecule has 0 aliphatic carbocycles. The van der Waals surface area contributed by atoms with Gasteiger partial charge in [0.25, 0.3) is 5.91 Å². The maximum absolute atomic E-state index is 12.9. The largest absolute Gasteiger partial charge is 0.462 e. The number of hydrogen-bond acceptors (Lipinski definition) is 6. The third kappa shape index (κ3) is 4.60. The van der Waals surface area contributed by atoms with Crippen molar-refractivity contribution in [3.8, 4) is 0 Å². The van der Waals surface area contributed by atoms with Crippen molar-refractivity contribution in [3.05, 3.63) is 52.4 Å². The first-order chi connectivity index (χ1) is 13.9. The van der Waals surface area contributed by atoms with Gasteiger partial charge in [0, 0.05) is 19.0 Å². The molecule has 2 heterocycles. The van der Waals surface area contributed by atoms with E-state index in [9.17, 15) is 9.59 Å². The van der Waals surface area contributed by atoms with Crippen molar-refractivity contribution in [2.24, 2.45) is 10.1 Å². The quantitative estimate of drug-likeness (QED) is 0.313. The number of amides is 1. The van der Waals surface area contributed by atoms with Gasteiger partial charge in [-0.25, -0.2) is 9.79 Å². The van der Waals surface area contributed by atoms with Gasteiger partial charge in [-0.1, -0.05) is 18.2 Å². The van der Waals surface area contributed by atoms with E-state index >= 15 is 0 Å². The topological polar surface area (TPSA) is 74.6 Å². The molecule has 0 atom stereocenters. The zero-order valence-electron chi connectivity index (χ0n) is 16.7. The number of carbonyl (C=O) groups is 2. The van der Waals surface area contributed by atoms with Gasteiger partial charge in [0.2, 0.25) is 0 Å². The van der Waals surface area contributed by atoms with Crippen LogP contribution in [0.1, 0.15) is 29.1 Å². The van der Waals surface area contributed by atoms with E-state index < -0.39 is 5.97 Å². The van der Waals surface area contributed by atoms with Gasteiger partial charge in [-0.15, -0.1) is 11.3 Å². The summed E-state index contributed by atoms with van der Waals surface area (Å²) in [6.45, 7) is 3.82. The van der Waals surface area contributed by atoms with Gasteiger partial charge < -0.3 is 9.64 Å². The molecule has 0 radical (unpaired) electrons. The van der Waals surface area contributed by atoms with Crippen molar-refractivity contribution in [1.29, 1.82) is 0 Å². The number of ether oxygens (including phenoxy) is 1. The summed E-state index contributed by atoms with van der Waals surface area (Å²) < 4.78 is 5.14. The summed E-state index contributed by atoms with van der Waals surface area (Å²) in [6, 6.07) is 11.0. The van der Waals surface area contributed by atoms with Gasteiger partial charge in [0.1, 0.15) is 5.00 Å². The fourth-order valence-electron chi connectivity index (χ4n) is 2.66. The number of nitrogens with zero attached hydrogens (tertiary/aromatic N) is 4. The second-order valence-corrected chi connectivity index (χ2v) is 7.55. The Kier molecular flexibility index (Phi) is 6.23. The minimum absolute atomic E-state index is 0.210. The molecule has 29 heavy (non-hydrogen) atoms. The Bertz CT molecular complexity index is 1010. The molecule has 7 nitrogen and oxygen atoms in total. The first-order valence-corrected chi connectivity index (χ1v) is 9.90. The zero-order chi connectivity index (χ0) is 21.0. The Morgan fingerprint density at radius 2 is 2.03 bits per heavy atom. The van der Waals surface area contributed by atoms with E-state index in [0.717, 1.165) is 4.88 Å². The number of anilines is 1. The van der Waals surface area contributed by atoms with Crippen LogP contribution in [0.15, 0.2) is 52.1 Å². The second-order valence-electron chi connectivity index (χ2n) is 6.49. The highest BCUT2D eigenvalue weighted by molar-refractivity contribution is 7.17. The number of carbonyl (C=O) groups excluding carboxylic acids is 2. The van der Waals surface area contributed by atoms with Crippen molar-refractivity contribution in [1.82, 2.24) is 4.90 Å². The summed E-state index contributed by atoms with van der Waals surface area (Å²) in [5.41, 5.74) is 2.17. The van der Waals surface area contributed by atoms with Crippen molar-refractivity contribution in [2.45, 2.75) is 13.8 Å². The average molecular weight is 410 g/mol. The average Bonchev–Trinajstić information content (AvgIpc) is 3.23. The molecule has 3 rings (SSSR count). The fourth-order valence-corrected chi connectivity index (χ4v) is 3.59. The van der Waals surface area contributed by atoms with Gasteiger partial charge >= 0.3 is 5.97 Å². The van der Waals surface area contributed by atoms with Crippen molar-refractivity contribution in [3.63, 3.8) is 0 Å². The Balaban J connectivity index is 1.95. The van der Waals surface area contributed by atoms with Gasteiger partial charge in [-0.05, 0) is 38.1 Å². The number of aliphatic imine (C=N–C) groups is 1. The van der Waals surface area contributed by atoms with E-state index in [1.807, 2.05) is 44.4 Å². The second kappa shape index (κ2) is 8.83. The van der Waals surface area contributed by atoms with Crippen molar-refractivity contribution >= 4 is 52.0 Å². The Hall–Kier alpha value is -3.26. The summed E-state index contributed by atoms with van der Waals surface area (Å²) in [7, 11) is 3.69. The first kappa shape index (κ1) is 20.5. The predicted octanol–water partition coefficient (Wildman–Crippen LogP) is 3.95. The lowest BCUT2D eigenvalue weighted by Gasteiger charge is -2.10. The van der Waals surface area contributed by atoms with Crippen LogP contribution in [0, 0.1) is 0 Å². The van der Waals surface area contributed by atoms with E-state index in [0.29, 0.717) is 27.5 Å². The Labute approximate surface area is 173 Å². The van der Waals surface area contributed by atoms with E-state index in [1.54, 1.807) is 37.2 Å². The standard InChI is InChI=1S/C21H22N4O3S/c1-5-28-21(27)18-12-16(29-19(18)22-13-24(3)4)11-17-14(2)23-25(20(17)26)15-9-7-6-8-10-15/h6-13H,5H2,1-4H3/b17-11+,22-13+. The van der Waals surface area contributed by atoms with E-state index in [-0.39, 0.29) is 12.5 Å². The van der Waals surface area contributed by atoms with Crippen LogP contribution in [-0.4, -0.2) is 49.5 Å². The smallest absolute Gasteiger partial charge is 0.341 e. The molecule has 1 aliphatic rings. The SMILES string of the molecule is CCOC(=O)c1cc(/C=C2/C(=O)N(c3ccccc3)N=C2C)sc1/N=C/N(C)C. The zero-order valence-corrected chi connectivity index (χ0v) is 17.6. The van der Waals surface area contributed by atoms with E-state index in [4.69, 9.17) is 4.74 Å². The Morgan fingerprint density at radius 3 is 2.69 bits per heavy atom. The van der Waals surface area contributed by atoms with E-state index in [2.05, 4.69) is 10.1 Å². The summed E-state index contributed by atoms with van der Waals surface area (Å²) in [5, 5.41) is 6.29. The van der Waals surface area contributed by atoms with Gasteiger partial charge in [0.15, 0.2) is 0 Å². The molecule has 0 spiro atoms. The maximum atomic E-state index is 12.9. The van der Waals surface area contributed by atoms with E-state index in [1.165, 1.54) is 16.3 Å². The molecule has 0 unspecified atom stereocenters. The summed E-state index contributed by atoms with van der Waals surface area (Å²) >= 11 is 1.32. The van der Waals surface area contributed by atoms with Crippen LogP contribution >= 0.6 is 11.3 Å². The molecule has 1 aromatic heterocycles. The molecule has 8 heteroatoms. The highest BCUT2D eigenvalue weighted by atomic mass is 32.1. The van der Waals surface area contributed by atoms with Crippen LogP contribution in [0.25, 0.3) is 6.08 Å². The summed E-state index contributed by atoms with van der Waals surface area (Å²) in [6.07, 6.45) is 3.36. The fraction of sp³-hybridized carbons (Fsp3) is 0.238. The number of rotatable bonds is 6. The van der Waals surface area contributed by atoms with Crippen LogP contribution in [-0.2, 0) is 9.53 Å². The number of benzene rings is 1. The van der Waals surface area contributed by atoms with Crippen LogP contribution in [0.5, 0.6) is 0 Å². The lowest BCUT2D eigenvalue weighted by Crippen LogP contribution is -2.21. The highest BCUT2D eigenvalue weighted by Gasteiger charge is 2.29. The molecular weight excluding hydrogens is 388 g/mol. The van der Waals surface area contributed by atoms with Crippen LogP contribution < -0.4 is 5.01 Å². The van der Waals surface area contributed by atoms with Crippen LogP contribution in [0.2, 0.25) is 0 Å². The maximum Gasteiger partial charge on any atom is 0.341 e. The lowest BCUT2D eigenvalue weighted by atomic mass is 10.1. The molecule has 0 N–H and O–H groups in total. The molecule has 0 fully saturated rings. The number of hydrogen-bond donors (Lipinski definition) is 0. The molecule has 0 bridgehead atoms. The monoisotopic (exact) mass is 410 g/mol. The number of esters is 1. The van der Waals surface area contributed by atoms with Crippen LogP contribution in [0.3, 0.4) is 0 Å². The van der Waals surface area contributed by atoms with Gasteiger partial charge in [0.05, 0.1) is 35.5 Å². The van der Waals surface area contributed by atoms with Gasteiger partial charge in [-0.3, -0.25) is 4.79 Å². The molecule has 1 amide bonds. The number of hydrazone groups is 1. The molecule has 150 valence electrons. The minimum atomic E-state index is -0.437. The van der Waals surface area contributed by atoms with Crippen LogP contribution in [0.4, 0.5) is 10.7 Å². The number of thiophene rings is 1. The molecular formula is C21H22N4O3S. The third-order valence-corrected chi connectivity index (χ3v) is 4.97. The first-order valence-electron chi connectivity index (χ1n) is 9.09. The minimum Gasteiger partial charge on any atom is -0.462 e. The summed E-state index contributed by atoms with van der Waals surface area (Å²) in [4.78, 5) is 32.1. The normalized spacial score (nSPS) is 15.3. The lowest BCUT2D eigenvalue weighted by molar-refractivity contribution is -0.114. The predicted molar refractivity (Wildman–Crippen MR) is 117 cm³/mol. The molecule has 0 saturated carbocycles. The van der Waals surface area contributed by atoms with Crippen molar-refractivity contribution in [2.75, 3.05) is 25.7 Å². The highest BCUT2D eigenvalue weighted by Crippen LogP contribution is 2.34. The number of para-hydroxylation sites is 1. The summed E-state index contributed by atoms with van der Waals surface area (Å²) in [5.74, 6) is -0.647. The Morgan fingerprint density at radius 1 is 1.31 bits per heavy atom.